The number of ether oxygens (including phenoxy) is 1. The maximum atomic E-state index is 12.4. The van der Waals surface area contributed by atoms with Crippen LogP contribution < -0.4 is 10.2 Å². The van der Waals surface area contributed by atoms with Gasteiger partial charge in [-0.3, -0.25) is 4.79 Å². The monoisotopic (exact) mass is 336 g/mol. The van der Waals surface area contributed by atoms with E-state index in [1.807, 2.05) is 0 Å². The highest BCUT2D eigenvalue weighted by Gasteiger charge is 2.31. The molecule has 1 aromatic carbocycles. The summed E-state index contributed by atoms with van der Waals surface area (Å²) in [5.41, 5.74) is 0.739. The minimum absolute atomic E-state index is 0.255. The maximum absolute atomic E-state index is 12.4. The average Bonchev–Trinajstić information content (AvgIpc) is 2.88. The normalized spacial score (nSPS) is 11.5. The third kappa shape index (κ3) is 3.45. The van der Waals surface area contributed by atoms with Gasteiger partial charge in [0.15, 0.2) is 11.2 Å². The fourth-order valence-electron chi connectivity index (χ4n) is 2.13. The molecule has 0 aliphatic heterocycles. The van der Waals surface area contributed by atoms with Crippen molar-refractivity contribution in [3.8, 4) is 17.3 Å². The predicted octanol–water partition coefficient (Wildman–Crippen LogP) is 2.63. The Morgan fingerprint density at radius 1 is 1.17 bits per heavy atom. The summed E-state index contributed by atoms with van der Waals surface area (Å²) < 4.78 is 43.9. The fourth-order valence-corrected chi connectivity index (χ4v) is 2.13. The molecule has 2 heterocycles. The van der Waals surface area contributed by atoms with Gasteiger partial charge >= 0.3 is 6.36 Å². The lowest BCUT2D eigenvalue weighted by Gasteiger charge is -2.12. The van der Waals surface area contributed by atoms with Crippen molar-refractivity contribution in [1.82, 2.24) is 19.6 Å². The first-order valence-corrected chi connectivity index (χ1v) is 6.80. The van der Waals surface area contributed by atoms with Crippen LogP contribution in [0.15, 0.2) is 53.6 Å². The smallest absolute Gasteiger partial charge is 0.406 e. The van der Waals surface area contributed by atoms with Gasteiger partial charge in [0.1, 0.15) is 5.75 Å². The Balaban J connectivity index is 2.06. The van der Waals surface area contributed by atoms with Crippen molar-refractivity contribution in [3.05, 3.63) is 64.7 Å². The Hall–Kier alpha value is -3.10. The van der Waals surface area contributed by atoms with E-state index in [-0.39, 0.29) is 11.2 Å². The second-order valence-corrected chi connectivity index (χ2v) is 4.91. The molecule has 2 aromatic heterocycles. The van der Waals surface area contributed by atoms with Crippen LogP contribution in [0.1, 0.15) is 5.69 Å². The summed E-state index contributed by atoms with van der Waals surface area (Å²) in [6.45, 7) is 1.73. The number of hydrogen-bond donors (Lipinski definition) is 0. The number of benzene rings is 1. The van der Waals surface area contributed by atoms with E-state index in [9.17, 15) is 18.0 Å². The molecule has 0 unspecified atom stereocenters. The molecule has 3 rings (SSSR count). The molecule has 3 aromatic rings. The first-order chi connectivity index (χ1) is 11.3. The summed E-state index contributed by atoms with van der Waals surface area (Å²) in [7, 11) is 0. The molecule has 0 bridgehead atoms. The molecule has 0 aliphatic rings. The van der Waals surface area contributed by atoms with Crippen LogP contribution in [0.3, 0.4) is 0 Å². The summed E-state index contributed by atoms with van der Waals surface area (Å²) in [5.74, 6) is 0.114. The van der Waals surface area contributed by atoms with E-state index in [1.165, 1.54) is 39.8 Å². The zero-order chi connectivity index (χ0) is 17.3. The molecule has 0 amide bonds. The Morgan fingerprint density at radius 3 is 2.62 bits per heavy atom. The van der Waals surface area contributed by atoms with Gasteiger partial charge in [0, 0.05) is 24.4 Å². The molecule has 0 saturated carbocycles. The lowest BCUT2D eigenvalue weighted by atomic mass is 10.3. The van der Waals surface area contributed by atoms with Crippen LogP contribution in [-0.4, -0.2) is 25.9 Å². The molecule has 0 radical (unpaired) electrons. The highest BCUT2D eigenvalue weighted by molar-refractivity contribution is 5.43. The molecule has 0 atom stereocenters. The summed E-state index contributed by atoms with van der Waals surface area (Å²) in [6, 6.07) is 8.44. The number of rotatable bonds is 3. The molecule has 0 aliphatic carbocycles. The highest BCUT2D eigenvalue weighted by Crippen LogP contribution is 2.25. The Kier molecular flexibility index (Phi) is 3.84. The zero-order valence-electron chi connectivity index (χ0n) is 12.4. The van der Waals surface area contributed by atoms with Crippen LogP contribution in [0.2, 0.25) is 0 Å². The van der Waals surface area contributed by atoms with Gasteiger partial charge in [0.25, 0.3) is 0 Å². The van der Waals surface area contributed by atoms with Crippen LogP contribution in [-0.2, 0) is 0 Å². The lowest BCUT2D eigenvalue weighted by Crippen LogP contribution is -2.17. The Morgan fingerprint density at radius 2 is 1.96 bits per heavy atom. The third-order valence-corrected chi connectivity index (χ3v) is 3.03. The number of halogens is 3. The molecule has 0 saturated heterocycles. The summed E-state index contributed by atoms with van der Waals surface area (Å²) in [4.78, 5) is 11.2. The summed E-state index contributed by atoms with van der Waals surface area (Å²) >= 11 is 0. The van der Waals surface area contributed by atoms with E-state index >= 15 is 0 Å². The van der Waals surface area contributed by atoms with E-state index in [0.717, 1.165) is 6.20 Å². The summed E-state index contributed by atoms with van der Waals surface area (Å²) in [5, 5.41) is 8.22. The van der Waals surface area contributed by atoms with Crippen LogP contribution in [0, 0.1) is 6.92 Å². The zero-order valence-corrected chi connectivity index (χ0v) is 12.4. The second-order valence-electron chi connectivity index (χ2n) is 4.91. The number of alkyl halides is 3. The quantitative estimate of drug-likeness (QED) is 0.738. The molecular formula is C15H11F3N4O2. The van der Waals surface area contributed by atoms with Crippen molar-refractivity contribution >= 4 is 0 Å². The van der Waals surface area contributed by atoms with Gasteiger partial charge in [-0.05, 0) is 19.1 Å². The minimum Gasteiger partial charge on any atom is -0.406 e. The van der Waals surface area contributed by atoms with Gasteiger partial charge in [-0.25, -0.2) is 9.36 Å². The van der Waals surface area contributed by atoms with Crippen molar-refractivity contribution in [3.63, 3.8) is 0 Å². The number of hydrogen-bond acceptors (Lipinski definition) is 4. The van der Waals surface area contributed by atoms with E-state index < -0.39 is 6.36 Å². The number of aromatic nitrogens is 4. The van der Waals surface area contributed by atoms with Gasteiger partial charge in [-0.1, -0.05) is 6.07 Å². The van der Waals surface area contributed by atoms with Crippen LogP contribution in [0.25, 0.3) is 11.5 Å². The summed E-state index contributed by atoms with van der Waals surface area (Å²) in [6.07, 6.45) is -2.19. The number of aryl methyl sites for hydroxylation is 1. The molecular weight excluding hydrogens is 325 g/mol. The van der Waals surface area contributed by atoms with E-state index in [1.54, 1.807) is 19.1 Å². The number of nitrogens with zero attached hydrogens (tertiary/aromatic N) is 4. The standard InChI is InChI=1S/C15H11F3N4O2/c1-10-7-14(21-6-5-12(23)9-19-21)22(20-10)11-3-2-4-13(8-11)24-15(16,17)18/h2-9H,1H3. The van der Waals surface area contributed by atoms with Gasteiger partial charge in [-0.2, -0.15) is 10.2 Å². The van der Waals surface area contributed by atoms with Gasteiger partial charge in [-0.15, -0.1) is 13.2 Å². The SMILES string of the molecule is Cc1cc(-n2ccc(=O)cn2)n(-c2cccc(OC(F)(F)F)c2)n1. The largest absolute Gasteiger partial charge is 0.573 e. The molecule has 0 spiro atoms. The molecule has 124 valence electrons. The molecule has 9 heteroatoms. The first kappa shape index (κ1) is 15.8. The van der Waals surface area contributed by atoms with Crippen molar-refractivity contribution in [2.75, 3.05) is 0 Å². The first-order valence-electron chi connectivity index (χ1n) is 6.80. The highest BCUT2D eigenvalue weighted by atomic mass is 19.4. The Bertz CT molecular complexity index is 910. The Labute approximate surface area is 133 Å². The van der Waals surface area contributed by atoms with E-state index in [4.69, 9.17) is 0 Å². The molecule has 0 N–H and O–H groups in total. The third-order valence-electron chi connectivity index (χ3n) is 3.03. The average molecular weight is 336 g/mol. The van der Waals surface area contributed by atoms with Gasteiger partial charge < -0.3 is 4.74 Å². The maximum Gasteiger partial charge on any atom is 0.573 e. The van der Waals surface area contributed by atoms with Gasteiger partial charge in [0.05, 0.1) is 17.6 Å². The second kappa shape index (κ2) is 5.84. The van der Waals surface area contributed by atoms with Crippen LogP contribution in [0.5, 0.6) is 5.75 Å². The van der Waals surface area contributed by atoms with E-state index in [2.05, 4.69) is 14.9 Å². The van der Waals surface area contributed by atoms with Crippen molar-refractivity contribution in [1.29, 1.82) is 0 Å². The molecule has 24 heavy (non-hydrogen) atoms. The van der Waals surface area contributed by atoms with Gasteiger partial charge in [0.2, 0.25) is 0 Å². The van der Waals surface area contributed by atoms with Crippen LogP contribution in [0.4, 0.5) is 13.2 Å². The molecule has 6 nitrogen and oxygen atoms in total. The molecule has 0 fully saturated rings. The van der Waals surface area contributed by atoms with Crippen LogP contribution >= 0.6 is 0 Å². The lowest BCUT2D eigenvalue weighted by molar-refractivity contribution is -0.274. The minimum atomic E-state index is -4.78. The fraction of sp³-hybridized carbons (Fsp3) is 0.133. The topological polar surface area (TPSA) is 61.9 Å². The van der Waals surface area contributed by atoms with Crippen molar-refractivity contribution in [2.24, 2.45) is 0 Å². The van der Waals surface area contributed by atoms with Crippen molar-refractivity contribution < 1.29 is 17.9 Å². The van der Waals surface area contributed by atoms with E-state index in [0.29, 0.717) is 17.2 Å². The van der Waals surface area contributed by atoms with Crippen molar-refractivity contribution in [2.45, 2.75) is 13.3 Å². The predicted molar refractivity (Wildman–Crippen MR) is 78.4 cm³/mol.